The Morgan fingerprint density at radius 3 is 0.795 bits per heavy atom. The minimum Gasteiger partial charge on any atom is -0.462 e. The number of hydrogen-bond acceptors (Lipinski definition) is 6. The molecule has 0 fully saturated rings. The molecule has 0 aromatic heterocycles. The van der Waals surface area contributed by atoms with Gasteiger partial charge in [-0.3, -0.25) is 14.4 Å². The van der Waals surface area contributed by atoms with Crippen LogP contribution in [0.25, 0.3) is 0 Å². The van der Waals surface area contributed by atoms with Crippen LogP contribution in [0, 0.1) is 0 Å². The van der Waals surface area contributed by atoms with Gasteiger partial charge >= 0.3 is 17.9 Å². The molecule has 0 rings (SSSR count). The molecule has 6 heteroatoms. The molecule has 0 aromatic carbocycles. The van der Waals surface area contributed by atoms with Gasteiger partial charge < -0.3 is 14.2 Å². The Bertz CT molecular complexity index is 1570. The first kappa shape index (κ1) is 74.1. The molecule has 6 nitrogen and oxygen atoms in total. The highest BCUT2D eigenvalue weighted by molar-refractivity contribution is 5.71. The van der Waals surface area contributed by atoms with Crippen LogP contribution in [-0.2, 0) is 28.6 Å². The molecule has 0 bridgehead atoms. The summed E-state index contributed by atoms with van der Waals surface area (Å²) in [6, 6.07) is 0. The molecule has 1 atom stereocenters. The monoisotopic (exact) mass is 1080 g/mol. The lowest BCUT2D eigenvalue weighted by molar-refractivity contribution is -0.167. The number of carbonyl (C=O) groups excluding carboxylic acids is 3. The third-order valence-corrected chi connectivity index (χ3v) is 14.0. The highest BCUT2D eigenvalue weighted by Gasteiger charge is 2.19. The fourth-order valence-electron chi connectivity index (χ4n) is 9.10. The molecule has 0 saturated carbocycles. The lowest BCUT2D eigenvalue weighted by Gasteiger charge is -2.18. The van der Waals surface area contributed by atoms with Gasteiger partial charge in [-0.15, -0.1) is 0 Å². The first-order valence-corrected chi connectivity index (χ1v) is 32.9. The predicted molar refractivity (Wildman–Crippen MR) is 339 cm³/mol. The molecule has 0 aliphatic carbocycles. The molecule has 0 N–H and O–H groups in total. The Morgan fingerprint density at radius 2 is 0.500 bits per heavy atom. The fourth-order valence-corrected chi connectivity index (χ4v) is 9.10. The van der Waals surface area contributed by atoms with E-state index in [9.17, 15) is 14.4 Å². The van der Waals surface area contributed by atoms with Crippen molar-refractivity contribution in [1.82, 2.24) is 0 Å². The number of carbonyl (C=O) groups is 3. The van der Waals surface area contributed by atoms with E-state index in [-0.39, 0.29) is 31.1 Å². The predicted octanol–water partition coefficient (Wildman–Crippen LogP) is 22.6. The van der Waals surface area contributed by atoms with E-state index < -0.39 is 6.10 Å². The summed E-state index contributed by atoms with van der Waals surface area (Å²) >= 11 is 0. The minimum atomic E-state index is -0.796. The summed E-state index contributed by atoms with van der Waals surface area (Å²) in [7, 11) is 0. The Labute approximate surface area is 482 Å². The lowest BCUT2D eigenvalue weighted by Crippen LogP contribution is -2.30. The molecule has 0 saturated heterocycles. The third kappa shape index (κ3) is 62.9. The van der Waals surface area contributed by atoms with Gasteiger partial charge in [-0.05, 0) is 109 Å². The molecule has 1 unspecified atom stereocenters. The van der Waals surface area contributed by atoms with Crippen LogP contribution in [-0.4, -0.2) is 37.2 Å². The van der Waals surface area contributed by atoms with Crippen molar-refractivity contribution < 1.29 is 28.6 Å². The second-order valence-corrected chi connectivity index (χ2v) is 21.6. The molecule has 0 aliphatic heterocycles. The second kappa shape index (κ2) is 65.6. The van der Waals surface area contributed by atoms with E-state index in [1.165, 1.54) is 154 Å². The smallest absolute Gasteiger partial charge is 0.306 e. The standard InChI is InChI=1S/C72H122O6/c1-4-7-10-13-16-19-22-25-28-30-32-34-35-36-37-39-40-42-44-47-50-53-56-59-62-65-71(74)77-68-69(67-76-70(73)64-61-58-55-52-49-46-27-24-21-18-15-12-9-6-3)78-72(75)66-63-60-57-54-51-48-45-43-41-38-33-31-29-26-23-20-17-14-11-8-5-2/h7,10,16,19,23,25-26,28,31-34,36-37,40,42,47,50,69H,4-6,8-9,11-15,17-18,20-22,24,27,29-30,35,38-39,41,43-46,48-49,51-68H2,1-3H3/b10-7-,19-16-,26-23-,28-25-,33-31-,34-32-,37-36-,42-40-,50-47-. The summed E-state index contributed by atoms with van der Waals surface area (Å²) < 4.78 is 16.9. The van der Waals surface area contributed by atoms with Crippen LogP contribution in [0.3, 0.4) is 0 Å². The van der Waals surface area contributed by atoms with Crippen LogP contribution in [0.5, 0.6) is 0 Å². The number of ether oxygens (including phenoxy) is 3. The summed E-state index contributed by atoms with van der Waals surface area (Å²) in [5, 5.41) is 0. The highest BCUT2D eigenvalue weighted by Crippen LogP contribution is 2.16. The zero-order valence-corrected chi connectivity index (χ0v) is 51.2. The summed E-state index contributed by atoms with van der Waals surface area (Å²) in [4.78, 5) is 38.4. The molecule has 0 aliphatic rings. The zero-order valence-electron chi connectivity index (χ0n) is 51.2. The number of allylic oxidation sites excluding steroid dienone is 18. The van der Waals surface area contributed by atoms with Gasteiger partial charge in [-0.2, -0.15) is 0 Å². The summed E-state index contributed by atoms with van der Waals surface area (Å²) in [6.45, 7) is 6.51. The van der Waals surface area contributed by atoms with Crippen molar-refractivity contribution in [2.24, 2.45) is 0 Å². The number of rotatable bonds is 59. The van der Waals surface area contributed by atoms with Gasteiger partial charge in [0.1, 0.15) is 13.2 Å². The van der Waals surface area contributed by atoms with E-state index in [0.717, 1.165) is 116 Å². The van der Waals surface area contributed by atoms with E-state index in [1.54, 1.807) is 0 Å². The lowest BCUT2D eigenvalue weighted by atomic mass is 10.0. The summed E-state index contributed by atoms with van der Waals surface area (Å²) in [5.74, 6) is -0.917. The van der Waals surface area contributed by atoms with E-state index >= 15 is 0 Å². The third-order valence-electron chi connectivity index (χ3n) is 14.0. The largest absolute Gasteiger partial charge is 0.462 e. The Kier molecular flexibility index (Phi) is 62.3. The first-order valence-electron chi connectivity index (χ1n) is 32.9. The topological polar surface area (TPSA) is 78.9 Å². The Balaban J connectivity index is 4.43. The van der Waals surface area contributed by atoms with Crippen molar-refractivity contribution in [1.29, 1.82) is 0 Å². The van der Waals surface area contributed by atoms with Crippen LogP contribution in [0.4, 0.5) is 0 Å². The molecular weight excluding hydrogens is 961 g/mol. The Morgan fingerprint density at radius 1 is 0.269 bits per heavy atom. The normalized spacial score (nSPS) is 12.8. The quantitative estimate of drug-likeness (QED) is 0.0261. The van der Waals surface area contributed by atoms with Crippen molar-refractivity contribution in [3.63, 3.8) is 0 Å². The van der Waals surface area contributed by atoms with Gasteiger partial charge in [0.2, 0.25) is 0 Å². The van der Waals surface area contributed by atoms with Gasteiger partial charge in [-0.25, -0.2) is 0 Å². The van der Waals surface area contributed by atoms with Gasteiger partial charge in [-0.1, -0.05) is 291 Å². The van der Waals surface area contributed by atoms with Crippen molar-refractivity contribution >= 4 is 17.9 Å². The van der Waals surface area contributed by atoms with Gasteiger partial charge in [0.05, 0.1) is 0 Å². The van der Waals surface area contributed by atoms with E-state index in [4.69, 9.17) is 14.2 Å². The maximum Gasteiger partial charge on any atom is 0.306 e. The van der Waals surface area contributed by atoms with Crippen molar-refractivity contribution in [2.45, 2.75) is 316 Å². The highest BCUT2D eigenvalue weighted by atomic mass is 16.6. The van der Waals surface area contributed by atoms with Gasteiger partial charge in [0.25, 0.3) is 0 Å². The maximum absolute atomic E-state index is 12.9. The van der Waals surface area contributed by atoms with Crippen LogP contribution < -0.4 is 0 Å². The van der Waals surface area contributed by atoms with Crippen LogP contribution >= 0.6 is 0 Å². The zero-order chi connectivity index (χ0) is 56.4. The minimum absolute atomic E-state index is 0.0890. The first-order chi connectivity index (χ1) is 38.5. The Hall–Kier alpha value is -3.93. The van der Waals surface area contributed by atoms with Gasteiger partial charge in [0.15, 0.2) is 6.10 Å². The van der Waals surface area contributed by atoms with Gasteiger partial charge in [0, 0.05) is 19.3 Å². The van der Waals surface area contributed by atoms with Crippen LogP contribution in [0.15, 0.2) is 109 Å². The number of esters is 3. The SMILES string of the molecule is CC/C=C\C/C=C\C/C=C\C/C=C\C/C=C\C/C=C\C/C=C\CCCCCC(=O)OCC(COC(=O)CCCCCCCCCCCCCCCC)OC(=O)CCCCCCCCCCC/C=C\C/C=C\CCCCCCC. The van der Waals surface area contributed by atoms with Crippen molar-refractivity contribution in [2.75, 3.05) is 13.2 Å². The number of hydrogen-bond donors (Lipinski definition) is 0. The molecule has 446 valence electrons. The van der Waals surface area contributed by atoms with E-state index in [1.807, 2.05) is 0 Å². The average molecular weight is 1080 g/mol. The molecular formula is C72H122O6. The van der Waals surface area contributed by atoms with E-state index in [2.05, 4.69) is 130 Å². The molecule has 0 spiro atoms. The summed E-state index contributed by atoms with van der Waals surface area (Å²) in [5.41, 5.74) is 0. The van der Waals surface area contributed by atoms with Crippen LogP contribution in [0.2, 0.25) is 0 Å². The van der Waals surface area contributed by atoms with E-state index in [0.29, 0.717) is 19.3 Å². The van der Waals surface area contributed by atoms with Crippen molar-refractivity contribution in [3.05, 3.63) is 109 Å². The average Bonchev–Trinajstić information content (AvgIpc) is 3.44. The fraction of sp³-hybridized carbons (Fsp3) is 0.708. The number of unbranched alkanes of at least 4 members (excludes halogenated alkanes) is 30. The second-order valence-electron chi connectivity index (χ2n) is 21.6. The van der Waals surface area contributed by atoms with Crippen LogP contribution in [0.1, 0.15) is 310 Å². The molecule has 0 heterocycles. The maximum atomic E-state index is 12.9. The molecule has 0 radical (unpaired) electrons. The molecule has 0 amide bonds. The molecule has 0 aromatic rings. The summed E-state index contributed by atoms with van der Waals surface area (Å²) in [6.07, 6.45) is 89.5. The van der Waals surface area contributed by atoms with Crippen molar-refractivity contribution in [3.8, 4) is 0 Å². The molecule has 78 heavy (non-hydrogen) atoms.